The van der Waals surface area contributed by atoms with E-state index in [2.05, 4.69) is 132 Å². The number of halogens is 4. The van der Waals surface area contributed by atoms with Crippen molar-refractivity contribution in [2.24, 2.45) is 0 Å². The second kappa shape index (κ2) is 17.8. The minimum Gasteiger partial charge on any atom is -0.480 e. The highest BCUT2D eigenvalue weighted by Gasteiger charge is 2.31. The number of aliphatic carboxylic acids is 1. The lowest BCUT2D eigenvalue weighted by molar-refractivity contribution is -0.139. The molecule has 8 nitrogen and oxygen atoms in total. The SMILES string of the molecule is O=C(NC(Cc1cc(I)c(Cc2cc(I)c(OC(=O)OCC3c4ccccc4-c4ccccc43)c(I)c2)c(I)c1)C(=O)O)OCC1c2ccccc2-c2ccccc21. The lowest BCUT2D eigenvalue weighted by atomic mass is 9.98. The van der Waals surface area contributed by atoms with Gasteiger partial charge in [0.15, 0.2) is 5.75 Å². The third kappa shape index (κ3) is 8.61. The van der Waals surface area contributed by atoms with Crippen LogP contribution < -0.4 is 10.1 Å². The van der Waals surface area contributed by atoms with E-state index in [9.17, 15) is 19.5 Å². The van der Waals surface area contributed by atoms with Crippen LogP contribution in [0.5, 0.6) is 5.75 Å². The predicted octanol–water partition coefficient (Wildman–Crippen LogP) is 11.6. The predicted molar refractivity (Wildman–Crippen MR) is 256 cm³/mol. The van der Waals surface area contributed by atoms with Crippen molar-refractivity contribution in [2.45, 2.75) is 30.7 Å². The number of carboxylic acid groups (broad SMARTS) is 1. The second-order valence-electron chi connectivity index (χ2n) is 14.1. The number of fused-ring (bicyclic) bond motifs is 6. The van der Waals surface area contributed by atoms with Gasteiger partial charge in [-0.25, -0.2) is 14.4 Å². The summed E-state index contributed by atoms with van der Waals surface area (Å²) in [6.07, 6.45) is -0.832. The number of carboxylic acids is 1. The quantitative estimate of drug-likeness (QED) is 0.0755. The van der Waals surface area contributed by atoms with Crippen LogP contribution in [-0.4, -0.2) is 42.6 Å². The number of benzene rings is 6. The van der Waals surface area contributed by atoms with Gasteiger partial charge in [-0.3, -0.25) is 0 Å². The number of hydrogen-bond acceptors (Lipinski definition) is 6. The Morgan fingerprint density at radius 1 is 0.586 bits per heavy atom. The lowest BCUT2D eigenvalue weighted by Crippen LogP contribution is -2.43. The first-order chi connectivity index (χ1) is 28.0. The number of hydrogen-bond donors (Lipinski definition) is 2. The van der Waals surface area contributed by atoms with Crippen LogP contribution in [0.1, 0.15) is 50.8 Å². The van der Waals surface area contributed by atoms with Gasteiger partial charge in [0.25, 0.3) is 0 Å². The van der Waals surface area contributed by atoms with E-state index in [-0.39, 0.29) is 31.5 Å². The van der Waals surface area contributed by atoms with Gasteiger partial charge in [0.2, 0.25) is 0 Å². The molecule has 1 atom stereocenters. The van der Waals surface area contributed by atoms with Gasteiger partial charge in [-0.05, 0) is 182 Å². The first-order valence-electron chi connectivity index (χ1n) is 18.4. The van der Waals surface area contributed by atoms with E-state index in [0.717, 1.165) is 75.5 Å². The Hall–Kier alpha value is -3.75. The fraction of sp³-hybridized carbons (Fsp3) is 0.152. The molecule has 2 aliphatic carbocycles. The van der Waals surface area contributed by atoms with Crippen molar-refractivity contribution in [1.29, 1.82) is 0 Å². The molecule has 58 heavy (non-hydrogen) atoms. The molecular formula is C46H33I4NO7. The topological polar surface area (TPSA) is 111 Å². The fourth-order valence-corrected chi connectivity index (χ4v) is 12.3. The number of carbonyl (C=O) groups is 3. The highest BCUT2D eigenvalue weighted by atomic mass is 127. The minimum absolute atomic E-state index is 0.0654. The Bertz CT molecular complexity index is 2460. The molecule has 0 saturated heterocycles. The van der Waals surface area contributed by atoms with Crippen molar-refractivity contribution < 1.29 is 33.7 Å². The summed E-state index contributed by atoms with van der Waals surface area (Å²) in [5, 5.41) is 12.7. The monoisotopic (exact) mass is 1220 g/mol. The Balaban J connectivity index is 0.884. The molecule has 6 aromatic rings. The van der Waals surface area contributed by atoms with Crippen LogP contribution in [-0.2, 0) is 27.1 Å². The molecule has 0 radical (unpaired) electrons. The van der Waals surface area contributed by atoms with Crippen molar-refractivity contribution in [3.8, 4) is 28.0 Å². The summed E-state index contributed by atoms with van der Waals surface area (Å²) in [7, 11) is 0. The van der Waals surface area contributed by atoms with Crippen LogP contribution >= 0.6 is 90.4 Å². The number of ether oxygens (including phenoxy) is 3. The van der Waals surface area contributed by atoms with Gasteiger partial charge >= 0.3 is 18.2 Å². The van der Waals surface area contributed by atoms with Crippen LogP contribution in [0.15, 0.2) is 121 Å². The molecule has 0 fully saturated rings. The van der Waals surface area contributed by atoms with Gasteiger partial charge in [-0.2, -0.15) is 0 Å². The Labute approximate surface area is 390 Å². The lowest BCUT2D eigenvalue weighted by Gasteiger charge is -2.18. The molecular weight excluding hydrogens is 1190 g/mol. The summed E-state index contributed by atoms with van der Waals surface area (Å²) in [6.45, 7) is 0.265. The number of rotatable bonds is 11. The maximum Gasteiger partial charge on any atom is 0.513 e. The van der Waals surface area contributed by atoms with E-state index in [4.69, 9.17) is 14.2 Å². The Morgan fingerprint density at radius 3 is 1.45 bits per heavy atom. The third-order valence-corrected chi connectivity index (χ3v) is 14.1. The number of nitrogens with one attached hydrogen (secondary N) is 1. The van der Waals surface area contributed by atoms with Crippen molar-refractivity contribution in [1.82, 2.24) is 5.32 Å². The second-order valence-corrected chi connectivity index (χ2v) is 18.7. The largest absolute Gasteiger partial charge is 0.513 e. The minimum atomic E-state index is -1.18. The molecule has 292 valence electrons. The zero-order chi connectivity index (χ0) is 40.5. The van der Waals surface area contributed by atoms with Crippen LogP contribution in [0.3, 0.4) is 0 Å². The maximum absolute atomic E-state index is 13.0. The highest BCUT2D eigenvalue weighted by molar-refractivity contribution is 14.1. The number of amides is 1. The zero-order valence-electron chi connectivity index (χ0n) is 30.5. The summed E-state index contributed by atoms with van der Waals surface area (Å²) in [4.78, 5) is 38.3. The van der Waals surface area contributed by atoms with Gasteiger partial charge in [-0.1, -0.05) is 97.1 Å². The van der Waals surface area contributed by atoms with Crippen LogP contribution in [0.25, 0.3) is 22.3 Å². The van der Waals surface area contributed by atoms with Gasteiger partial charge in [0.05, 0.1) is 7.14 Å². The van der Waals surface area contributed by atoms with E-state index < -0.39 is 24.3 Å². The van der Waals surface area contributed by atoms with Crippen LogP contribution in [0, 0.1) is 14.3 Å². The molecule has 0 spiro atoms. The van der Waals surface area contributed by atoms with Gasteiger partial charge in [0, 0.05) is 25.4 Å². The van der Waals surface area contributed by atoms with Gasteiger partial charge in [0.1, 0.15) is 19.3 Å². The maximum atomic E-state index is 13.0. The Kier molecular flexibility index (Phi) is 12.6. The summed E-state index contributed by atoms with van der Waals surface area (Å²) in [5.41, 5.74) is 11.9. The molecule has 1 unspecified atom stereocenters. The molecule has 8 rings (SSSR count). The van der Waals surface area contributed by atoms with E-state index in [1.165, 1.54) is 0 Å². The molecule has 2 N–H and O–H groups in total. The molecule has 0 aromatic heterocycles. The zero-order valence-corrected chi connectivity index (χ0v) is 39.1. The molecule has 12 heteroatoms. The fourth-order valence-electron chi connectivity index (χ4n) is 7.88. The van der Waals surface area contributed by atoms with Gasteiger partial charge < -0.3 is 24.6 Å². The summed E-state index contributed by atoms with van der Waals surface area (Å²) >= 11 is 8.91. The Morgan fingerprint density at radius 2 is 1.00 bits per heavy atom. The van der Waals surface area contributed by atoms with Crippen LogP contribution in [0.2, 0.25) is 0 Å². The smallest absolute Gasteiger partial charge is 0.480 e. The van der Waals surface area contributed by atoms with Crippen molar-refractivity contribution in [3.05, 3.63) is 175 Å². The van der Waals surface area contributed by atoms with E-state index >= 15 is 0 Å². The van der Waals surface area contributed by atoms with Crippen molar-refractivity contribution in [2.75, 3.05) is 13.2 Å². The number of carbonyl (C=O) groups excluding carboxylic acids is 2. The third-order valence-electron chi connectivity index (χ3n) is 10.5. The van der Waals surface area contributed by atoms with Crippen LogP contribution in [0.4, 0.5) is 9.59 Å². The molecule has 0 bridgehead atoms. The van der Waals surface area contributed by atoms with Crippen molar-refractivity contribution >= 4 is 109 Å². The molecule has 0 saturated carbocycles. The number of alkyl carbamates (subject to hydrolysis) is 1. The van der Waals surface area contributed by atoms with Gasteiger partial charge in [-0.15, -0.1) is 0 Å². The normalized spacial score (nSPS) is 13.2. The summed E-state index contributed by atoms with van der Waals surface area (Å²) in [6, 6.07) is 39.2. The van der Waals surface area contributed by atoms with E-state index in [0.29, 0.717) is 12.2 Å². The van der Waals surface area contributed by atoms with E-state index in [1.54, 1.807) is 0 Å². The average Bonchev–Trinajstić information content (AvgIpc) is 3.71. The molecule has 6 aromatic carbocycles. The molecule has 0 heterocycles. The standard InChI is InChI=1S/C46H33I4NO7/c47-38-18-26(22-42(44(52)53)51-45(54)56-23-36-31-13-5-1-9-27(31)28-10-2-6-14-32(28)36)19-39(48)35(38)17-25-20-40(49)43(41(50)21-25)58-46(55)57-24-37-33-15-7-3-11-29(33)30-12-4-8-16-34(30)37/h1-16,18-21,36-37,42H,17,22-24H2,(H,51,54)(H,52,53). The molecule has 2 aliphatic rings. The molecule has 0 aliphatic heterocycles. The first-order valence-corrected chi connectivity index (χ1v) is 22.7. The molecule has 1 amide bonds. The average molecular weight is 1220 g/mol. The van der Waals surface area contributed by atoms with E-state index in [1.807, 2.05) is 84.9 Å². The first kappa shape index (κ1) is 41.0. The summed E-state index contributed by atoms with van der Waals surface area (Å²) < 4.78 is 20.6. The highest BCUT2D eigenvalue weighted by Crippen LogP contribution is 2.46. The van der Waals surface area contributed by atoms with Crippen molar-refractivity contribution in [3.63, 3.8) is 0 Å². The summed E-state index contributed by atoms with van der Waals surface area (Å²) in [5.74, 6) is -0.893.